The van der Waals surface area contributed by atoms with E-state index >= 15 is 0 Å². The summed E-state index contributed by atoms with van der Waals surface area (Å²) in [7, 11) is 0. The third-order valence-corrected chi connectivity index (χ3v) is 4.77. The van der Waals surface area contributed by atoms with Crippen molar-refractivity contribution >= 4 is 11.6 Å². The Hall–Kier alpha value is -2.75. The fourth-order valence-electron chi connectivity index (χ4n) is 2.86. The molecule has 0 unspecified atom stereocenters. The molecule has 0 spiro atoms. The number of rotatable bonds is 10. The SMILES string of the molecule is C=C(C)COc1ccccc1NC(=O)C(C)(C)CCCOc1cc(C)ccc1C. The average molecular weight is 396 g/mol. The van der Waals surface area contributed by atoms with Crippen LogP contribution in [0.4, 0.5) is 5.69 Å². The first-order valence-electron chi connectivity index (χ1n) is 10.1. The van der Waals surface area contributed by atoms with Crippen LogP contribution in [0.1, 0.15) is 44.7 Å². The third kappa shape index (κ3) is 6.97. The minimum absolute atomic E-state index is 0.0318. The average Bonchev–Trinajstić information content (AvgIpc) is 2.67. The number of hydrogen-bond acceptors (Lipinski definition) is 3. The molecule has 0 bridgehead atoms. The van der Waals surface area contributed by atoms with Gasteiger partial charge in [0.05, 0.1) is 12.3 Å². The van der Waals surface area contributed by atoms with Crippen molar-refractivity contribution in [1.29, 1.82) is 0 Å². The van der Waals surface area contributed by atoms with E-state index in [4.69, 9.17) is 9.47 Å². The zero-order chi connectivity index (χ0) is 21.4. The van der Waals surface area contributed by atoms with Crippen molar-refractivity contribution in [3.63, 3.8) is 0 Å². The fraction of sp³-hybridized carbons (Fsp3) is 0.400. The summed E-state index contributed by atoms with van der Waals surface area (Å²) < 4.78 is 11.7. The molecular weight excluding hydrogens is 362 g/mol. The first kappa shape index (κ1) is 22.5. The normalized spacial score (nSPS) is 11.1. The van der Waals surface area contributed by atoms with Crippen LogP contribution >= 0.6 is 0 Å². The molecule has 4 heteroatoms. The van der Waals surface area contributed by atoms with Crippen LogP contribution in [-0.2, 0) is 4.79 Å². The maximum absolute atomic E-state index is 12.9. The third-order valence-electron chi connectivity index (χ3n) is 4.77. The molecule has 0 saturated heterocycles. The highest BCUT2D eigenvalue weighted by molar-refractivity contribution is 5.96. The molecule has 0 aromatic heterocycles. The molecule has 1 amide bonds. The van der Waals surface area contributed by atoms with E-state index in [1.807, 2.05) is 52.0 Å². The molecule has 4 nitrogen and oxygen atoms in total. The van der Waals surface area contributed by atoms with Gasteiger partial charge in [0, 0.05) is 5.41 Å². The van der Waals surface area contributed by atoms with Gasteiger partial charge in [0.15, 0.2) is 0 Å². The van der Waals surface area contributed by atoms with Gasteiger partial charge in [-0.2, -0.15) is 0 Å². The van der Waals surface area contributed by atoms with Gasteiger partial charge in [0.2, 0.25) is 5.91 Å². The standard InChI is InChI=1S/C25H33NO3/c1-18(2)17-29-22-11-8-7-10-21(22)26-24(27)25(5,6)14-9-15-28-23-16-19(3)12-13-20(23)4/h7-8,10-13,16H,1,9,14-15,17H2,2-6H3,(H,26,27). The fourth-order valence-corrected chi connectivity index (χ4v) is 2.86. The highest BCUT2D eigenvalue weighted by Gasteiger charge is 2.28. The predicted octanol–water partition coefficient (Wildman–Crippen LogP) is 6.08. The topological polar surface area (TPSA) is 47.6 Å². The molecule has 1 N–H and O–H groups in total. The van der Waals surface area contributed by atoms with Crippen LogP contribution in [0.3, 0.4) is 0 Å². The summed E-state index contributed by atoms with van der Waals surface area (Å²) in [6, 6.07) is 13.7. The van der Waals surface area contributed by atoms with Crippen molar-refractivity contribution in [2.75, 3.05) is 18.5 Å². The molecule has 0 saturated carbocycles. The van der Waals surface area contributed by atoms with Crippen LogP contribution < -0.4 is 14.8 Å². The molecule has 2 rings (SSSR count). The number of benzene rings is 2. The van der Waals surface area contributed by atoms with E-state index in [-0.39, 0.29) is 5.91 Å². The number of hydrogen-bond donors (Lipinski definition) is 1. The first-order chi connectivity index (χ1) is 13.7. The second kappa shape index (κ2) is 10.1. The van der Waals surface area contributed by atoms with Crippen molar-refractivity contribution in [3.8, 4) is 11.5 Å². The Kier molecular flexibility index (Phi) is 7.89. The predicted molar refractivity (Wildman–Crippen MR) is 120 cm³/mol. The Morgan fingerprint density at radius 2 is 1.79 bits per heavy atom. The molecule has 0 aliphatic carbocycles. The van der Waals surface area contributed by atoms with E-state index in [0.29, 0.717) is 24.7 Å². The van der Waals surface area contributed by atoms with Gasteiger partial charge in [-0.05, 0) is 68.5 Å². The minimum atomic E-state index is -0.521. The van der Waals surface area contributed by atoms with E-state index in [1.54, 1.807) is 0 Å². The van der Waals surface area contributed by atoms with Crippen LogP contribution in [0.2, 0.25) is 0 Å². The van der Waals surface area contributed by atoms with E-state index in [2.05, 4.69) is 37.0 Å². The van der Waals surface area contributed by atoms with Crippen LogP contribution in [0.15, 0.2) is 54.6 Å². The second-order valence-corrected chi connectivity index (χ2v) is 8.30. The van der Waals surface area contributed by atoms with E-state index < -0.39 is 5.41 Å². The summed E-state index contributed by atoms with van der Waals surface area (Å²) in [5, 5.41) is 3.02. The number of para-hydroxylation sites is 2. The Bertz CT molecular complexity index is 855. The van der Waals surface area contributed by atoms with E-state index in [1.165, 1.54) is 5.56 Å². The van der Waals surface area contributed by atoms with Gasteiger partial charge in [-0.3, -0.25) is 4.79 Å². The summed E-state index contributed by atoms with van der Waals surface area (Å²) >= 11 is 0. The smallest absolute Gasteiger partial charge is 0.230 e. The number of carbonyl (C=O) groups is 1. The van der Waals surface area contributed by atoms with Crippen molar-refractivity contribution < 1.29 is 14.3 Å². The van der Waals surface area contributed by atoms with Gasteiger partial charge < -0.3 is 14.8 Å². The summed E-state index contributed by atoms with van der Waals surface area (Å²) in [4.78, 5) is 12.9. The Labute approximate surface area is 174 Å². The highest BCUT2D eigenvalue weighted by atomic mass is 16.5. The first-order valence-corrected chi connectivity index (χ1v) is 10.1. The van der Waals surface area contributed by atoms with Crippen molar-refractivity contribution in [2.45, 2.75) is 47.5 Å². The van der Waals surface area contributed by atoms with Crippen molar-refractivity contribution in [1.82, 2.24) is 0 Å². The molecule has 0 fully saturated rings. The number of ether oxygens (including phenoxy) is 2. The lowest BCUT2D eigenvalue weighted by Gasteiger charge is -2.24. The molecule has 0 radical (unpaired) electrons. The largest absolute Gasteiger partial charge is 0.493 e. The van der Waals surface area contributed by atoms with Crippen LogP contribution in [-0.4, -0.2) is 19.1 Å². The lowest BCUT2D eigenvalue weighted by Crippen LogP contribution is -2.31. The number of amides is 1. The maximum Gasteiger partial charge on any atom is 0.230 e. The number of anilines is 1. The lowest BCUT2D eigenvalue weighted by molar-refractivity contribution is -0.124. The number of carbonyl (C=O) groups excluding carboxylic acids is 1. The van der Waals surface area contributed by atoms with Gasteiger partial charge in [-0.1, -0.05) is 44.7 Å². The van der Waals surface area contributed by atoms with Gasteiger partial charge in [-0.15, -0.1) is 0 Å². The molecule has 2 aromatic carbocycles. The zero-order valence-corrected chi connectivity index (χ0v) is 18.3. The molecule has 2 aromatic rings. The molecule has 0 aliphatic heterocycles. The summed E-state index contributed by atoms with van der Waals surface area (Å²) in [6.07, 6.45) is 1.51. The summed E-state index contributed by atoms with van der Waals surface area (Å²) in [6.45, 7) is 14.8. The van der Waals surface area contributed by atoms with Crippen LogP contribution in [0.25, 0.3) is 0 Å². The number of nitrogens with one attached hydrogen (secondary N) is 1. The van der Waals surface area contributed by atoms with Crippen LogP contribution in [0, 0.1) is 19.3 Å². The Morgan fingerprint density at radius 3 is 2.52 bits per heavy atom. The van der Waals surface area contributed by atoms with E-state index in [9.17, 15) is 4.79 Å². The zero-order valence-electron chi connectivity index (χ0n) is 18.3. The monoisotopic (exact) mass is 395 g/mol. The Balaban J connectivity index is 1.90. The Morgan fingerprint density at radius 1 is 1.07 bits per heavy atom. The van der Waals surface area contributed by atoms with E-state index in [0.717, 1.165) is 29.7 Å². The highest BCUT2D eigenvalue weighted by Crippen LogP contribution is 2.29. The molecule has 29 heavy (non-hydrogen) atoms. The van der Waals surface area contributed by atoms with Crippen molar-refractivity contribution in [3.05, 3.63) is 65.7 Å². The lowest BCUT2D eigenvalue weighted by atomic mass is 9.87. The molecule has 0 heterocycles. The second-order valence-electron chi connectivity index (χ2n) is 8.30. The minimum Gasteiger partial charge on any atom is -0.493 e. The van der Waals surface area contributed by atoms with Gasteiger partial charge in [0.25, 0.3) is 0 Å². The molecule has 0 atom stereocenters. The van der Waals surface area contributed by atoms with Crippen molar-refractivity contribution in [2.24, 2.45) is 5.41 Å². The molecular formula is C25H33NO3. The molecule has 156 valence electrons. The van der Waals surface area contributed by atoms with Gasteiger partial charge in [0.1, 0.15) is 18.1 Å². The quantitative estimate of drug-likeness (QED) is 0.391. The van der Waals surface area contributed by atoms with Gasteiger partial charge in [-0.25, -0.2) is 0 Å². The molecule has 0 aliphatic rings. The number of aryl methyl sites for hydroxylation is 2. The van der Waals surface area contributed by atoms with Crippen LogP contribution in [0.5, 0.6) is 11.5 Å². The summed E-state index contributed by atoms with van der Waals surface area (Å²) in [5.41, 5.74) is 3.39. The maximum atomic E-state index is 12.9. The summed E-state index contributed by atoms with van der Waals surface area (Å²) in [5.74, 6) is 1.53. The van der Waals surface area contributed by atoms with Gasteiger partial charge >= 0.3 is 0 Å².